The van der Waals surface area contributed by atoms with Crippen LogP contribution in [0.15, 0.2) is 24.3 Å². The number of rotatable bonds is 8. The Morgan fingerprint density at radius 1 is 1.08 bits per heavy atom. The van der Waals surface area contributed by atoms with E-state index in [0.29, 0.717) is 17.9 Å². The van der Waals surface area contributed by atoms with Crippen LogP contribution in [0.1, 0.15) is 98.0 Å². The summed E-state index contributed by atoms with van der Waals surface area (Å²) in [7, 11) is 0. The second kappa shape index (κ2) is 9.78. The van der Waals surface area contributed by atoms with Crippen LogP contribution < -0.4 is 4.74 Å². The third-order valence-electron chi connectivity index (χ3n) is 5.47. The lowest BCUT2D eigenvalue weighted by Gasteiger charge is -2.32. The minimum absolute atomic E-state index is 0.160. The third kappa shape index (κ3) is 6.95. The van der Waals surface area contributed by atoms with Gasteiger partial charge in [-0.3, -0.25) is 0 Å². The van der Waals surface area contributed by atoms with Crippen LogP contribution in [0.2, 0.25) is 0 Å². The van der Waals surface area contributed by atoms with E-state index in [1.54, 1.807) is 0 Å². The normalized spacial score (nSPS) is 18.7. The Morgan fingerprint density at radius 3 is 2.35 bits per heavy atom. The number of ether oxygens (including phenoxy) is 2. The number of hydrogen-bond donors (Lipinski definition) is 0. The average molecular weight is 361 g/mol. The summed E-state index contributed by atoms with van der Waals surface area (Å²) in [5.74, 6) is 2.17. The Balaban J connectivity index is 2.10. The molecule has 1 aromatic rings. The van der Waals surface area contributed by atoms with Gasteiger partial charge in [0, 0.05) is 6.42 Å². The fourth-order valence-corrected chi connectivity index (χ4v) is 4.10. The van der Waals surface area contributed by atoms with Crippen LogP contribution in [-0.2, 0) is 4.74 Å². The third-order valence-corrected chi connectivity index (χ3v) is 5.47. The zero-order valence-corrected chi connectivity index (χ0v) is 17.9. The fraction of sp³-hybridized carbons (Fsp3) is 0.750. The molecule has 1 fully saturated rings. The van der Waals surface area contributed by atoms with Crippen LogP contribution in [0.25, 0.3) is 0 Å². The Kier molecular flexibility index (Phi) is 8.01. The first-order valence-electron chi connectivity index (χ1n) is 10.7. The first-order valence-corrected chi connectivity index (χ1v) is 10.7. The SMILES string of the molecule is CCC(c1cccc(OC(CC(C)(C)C)OC2CCCCC2)c1)C(C)C. The molecule has 0 radical (unpaired) electrons. The Bertz CT molecular complexity index is 523. The molecule has 1 aliphatic rings. The van der Waals surface area contributed by atoms with E-state index in [1.807, 2.05) is 0 Å². The lowest BCUT2D eigenvalue weighted by Crippen LogP contribution is -2.32. The largest absolute Gasteiger partial charge is 0.465 e. The summed E-state index contributed by atoms with van der Waals surface area (Å²) in [5.41, 5.74) is 1.56. The number of hydrogen-bond acceptors (Lipinski definition) is 2. The molecule has 1 aromatic carbocycles. The van der Waals surface area contributed by atoms with Crippen molar-refractivity contribution < 1.29 is 9.47 Å². The maximum absolute atomic E-state index is 6.42. The first kappa shape index (κ1) is 21.3. The molecule has 0 aliphatic heterocycles. The summed E-state index contributed by atoms with van der Waals surface area (Å²) in [4.78, 5) is 0. The van der Waals surface area contributed by atoms with E-state index >= 15 is 0 Å². The van der Waals surface area contributed by atoms with Crippen LogP contribution in [0.5, 0.6) is 5.75 Å². The summed E-state index contributed by atoms with van der Waals surface area (Å²) in [6.45, 7) is 13.7. The lowest BCUT2D eigenvalue weighted by atomic mass is 9.86. The van der Waals surface area contributed by atoms with Gasteiger partial charge in [0.15, 0.2) is 0 Å². The van der Waals surface area contributed by atoms with Crippen LogP contribution in [0.3, 0.4) is 0 Å². The van der Waals surface area contributed by atoms with Crippen LogP contribution >= 0.6 is 0 Å². The van der Waals surface area contributed by atoms with E-state index in [0.717, 1.165) is 18.6 Å². The standard InChI is InChI=1S/C24H40O2/c1-7-22(18(2)3)19-12-11-15-21(16-19)26-23(17-24(4,5)6)25-20-13-9-8-10-14-20/h11-12,15-16,18,20,22-23H,7-10,13-14,17H2,1-6H3. The monoisotopic (exact) mass is 360 g/mol. The summed E-state index contributed by atoms with van der Waals surface area (Å²) in [6.07, 6.45) is 8.54. The van der Waals surface area contributed by atoms with Gasteiger partial charge in [-0.15, -0.1) is 0 Å². The Labute approximate surface area is 161 Å². The van der Waals surface area contributed by atoms with Gasteiger partial charge in [-0.1, -0.05) is 72.9 Å². The maximum Gasteiger partial charge on any atom is 0.200 e. The number of benzene rings is 1. The molecule has 2 atom stereocenters. The van der Waals surface area contributed by atoms with Gasteiger partial charge in [-0.2, -0.15) is 0 Å². The Morgan fingerprint density at radius 2 is 1.77 bits per heavy atom. The summed E-state index contributed by atoms with van der Waals surface area (Å²) >= 11 is 0. The molecule has 0 aromatic heterocycles. The summed E-state index contributed by atoms with van der Waals surface area (Å²) < 4.78 is 12.8. The van der Waals surface area contributed by atoms with Gasteiger partial charge < -0.3 is 9.47 Å². The van der Waals surface area contributed by atoms with Gasteiger partial charge in [-0.05, 0) is 54.2 Å². The second-order valence-electron chi connectivity index (χ2n) is 9.54. The molecule has 0 heterocycles. The highest BCUT2D eigenvalue weighted by Crippen LogP contribution is 2.32. The minimum atomic E-state index is -0.160. The van der Waals surface area contributed by atoms with Crippen molar-refractivity contribution in [1.82, 2.24) is 0 Å². The highest BCUT2D eigenvalue weighted by molar-refractivity contribution is 5.31. The van der Waals surface area contributed by atoms with Crippen LogP contribution in [-0.4, -0.2) is 12.4 Å². The molecule has 2 rings (SSSR count). The molecule has 148 valence electrons. The van der Waals surface area contributed by atoms with Crippen molar-refractivity contribution in [3.05, 3.63) is 29.8 Å². The van der Waals surface area contributed by atoms with Gasteiger partial charge in [0.2, 0.25) is 6.29 Å². The molecule has 0 amide bonds. The van der Waals surface area contributed by atoms with E-state index < -0.39 is 0 Å². The predicted octanol–water partition coefficient (Wildman–Crippen LogP) is 7.33. The molecule has 1 saturated carbocycles. The fourth-order valence-electron chi connectivity index (χ4n) is 4.10. The molecular weight excluding hydrogens is 320 g/mol. The van der Waals surface area contributed by atoms with Gasteiger partial charge >= 0.3 is 0 Å². The molecule has 0 spiro atoms. The zero-order chi connectivity index (χ0) is 19.2. The molecule has 26 heavy (non-hydrogen) atoms. The van der Waals surface area contributed by atoms with Gasteiger partial charge in [0.05, 0.1) is 6.10 Å². The molecule has 2 heteroatoms. The minimum Gasteiger partial charge on any atom is -0.465 e. The molecule has 0 N–H and O–H groups in total. The molecule has 1 aliphatic carbocycles. The topological polar surface area (TPSA) is 18.5 Å². The Hall–Kier alpha value is -1.02. The average Bonchev–Trinajstić information content (AvgIpc) is 2.55. The van der Waals surface area contributed by atoms with E-state index in [2.05, 4.69) is 65.8 Å². The maximum atomic E-state index is 6.42. The zero-order valence-electron chi connectivity index (χ0n) is 17.9. The van der Waals surface area contributed by atoms with E-state index in [4.69, 9.17) is 9.47 Å². The van der Waals surface area contributed by atoms with Crippen molar-refractivity contribution in [2.75, 3.05) is 0 Å². The van der Waals surface area contributed by atoms with Gasteiger partial charge in [0.1, 0.15) is 5.75 Å². The predicted molar refractivity (Wildman–Crippen MR) is 111 cm³/mol. The van der Waals surface area contributed by atoms with Crippen molar-refractivity contribution in [2.45, 2.75) is 105 Å². The van der Waals surface area contributed by atoms with Crippen molar-refractivity contribution in [3.63, 3.8) is 0 Å². The second-order valence-corrected chi connectivity index (χ2v) is 9.54. The lowest BCUT2D eigenvalue weighted by molar-refractivity contribution is -0.142. The van der Waals surface area contributed by atoms with Crippen LogP contribution in [0.4, 0.5) is 0 Å². The summed E-state index contributed by atoms with van der Waals surface area (Å²) in [6, 6.07) is 8.68. The smallest absolute Gasteiger partial charge is 0.200 e. The van der Waals surface area contributed by atoms with Gasteiger partial charge in [-0.25, -0.2) is 0 Å². The van der Waals surface area contributed by atoms with Crippen molar-refractivity contribution in [3.8, 4) is 5.75 Å². The summed E-state index contributed by atoms with van der Waals surface area (Å²) in [5, 5.41) is 0. The molecule has 0 saturated heterocycles. The van der Waals surface area contributed by atoms with Crippen LogP contribution in [0, 0.1) is 11.3 Å². The van der Waals surface area contributed by atoms with E-state index in [9.17, 15) is 0 Å². The quantitative estimate of drug-likeness (QED) is 0.452. The van der Waals surface area contributed by atoms with Gasteiger partial charge in [0.25, 0.3) is 0 Å². The van der Waals surface area contributed by atoms with Crippen molar-refractivity contribution >= 4 is 0 Å². The van der Waals surface area contributed by atoms with Crippen molar-refractivity contribution in [1.29, 1.82) is 0 Å². The highest BCUT2D eigenvalue weighted by atomic mass is 16.7. The molecular formula is C24H40O2. The van der Waals surface area contributed by atoms with E-state index in [-0.39, 0.29) is 11.7 Å². The van der Waals surface area contributed by atoms with Crippen molar-refractivity contribution in [2.24, 2.45) is 11.3 Å². The molecule has 2 nitrogen and oxygen atoms in total. The molecule has 2 unspecified atom stereocenters. The first-order chi connectivity index (χ1) is 12.3. The van der Waals surface area contributed by atoms with E-state index in [1.165, 1.54) is 37.7 Å². The highest BCUT2D eigenvalue weighted by Gasteiger charge is 2.25. The molecule has 0 bridgehead atoms.